The molecular weight excluding hydrogens is 230 g/mol. The highest BCUT2D eigenvalue weighted by atomic mass is 79.9. The van der Waals surface area contributed by atoms with Crippen LogP contribution >= 0.6 is 15.9 Å². The third kappa shape index (κ3) is 1.09. The molecule has 2 heterocycles. The van der Waals surface area contributed by atoms with Gasteiger partial charge in [-0.1, -0.05) is 0 Å². The van der Waals surface area contributed by atoms with E-state index in [9.17, 15) is 0 Å². The Balaban J connectivity index is 2.33. The molecule has 3 rings (SSSR count). The summed E-state index contributed by atoms with van der Waals surface area (Å²) in [5.74, 6) is 0.651. The SMILES string of the molecule is Brc1cnc2c(C3CC3)nccn12. The first-order chi connectivity index (χ1) is 6.36. The molecule has 0 saturated heterocycles. The highest BCUT2D eigenvalue weighted by Crippen LogP contribution is 2.40. The Hall–Kier alpha value is -0.900. The Morgan fingerprint density at radius 1 is 1.38 bits per heavy atom. The van der Waals surface area contributed by atoms with E-state index in [0.29, 0.717) is 5.92 Å². The minimum Gasteiger partial charge on any atom is -0.291 e. The molecule has 1 saturated carbocycles. The van der Waals surface area contributed by atoms with Crippen LogP contribution in [-0.4, -0.2) is 14.4 Å². The van der Waals surface area contributed by atoms with Crippen molar-refractivity contribution in [3.8, 4) is 0 Å². The zero-order valence-corrected chi connectivity index (χ0v) is 8.53. The van der Waals surface area contributed by atoms with Gasteiger partial charge in [0.1, 0.15) is 4.60 Å². The van der Waals surface area contributed by atoms with Gasteiger partial charge < -0.3 is 0 Å². The molecular formula is C9H8BrN3. The molecule has 0 radical (unpaired) electrons. The van der Waals surface area contributed by atoms with Crippen molar-refractivity contribution in [2.24, 2.45) is 0 Å². The van der Waals surface area contributed by atoms with Crippen LogP contribution in [0.2, 0.25) is 0 Å². The number of fused-ring (bicyclic) bond motifs is 1. The van der Waals surface area contributed by atoms with Crippen molar-refractivity contribution in [2.45, 2.75) is 18.8 Å². The van der Waals surface area contributed by atoms with Gasteiger partial charge in [0.25, 0.3) is 0 Å². The van der Waals surface area contributed by atoms with E-state index in [1.54, 1.807) is 0 Å². The topological polar surface area (TPSA) is 30.2 Å². The summed E-state index contributed by atoms with van der Waals surface area (Å²) in [5.41, 5.74) is 2.14. The number of nitrogens with zero attached hydrogens (tertiary/aromatic N) is 3. The lowest BCUT2D eigenvalue weighted by molar-refractivity contribution is 0.978. The predicted molar refractivity (Wildman–Crippen MR) is 52.7 cm³/mol. The van der Waals surface area contributed by atoms with E-state index in [2.05, 4.69) is 25.9 Å². The van der Waals surface area contributed by atoms with Gasteiger partial charge in [-0.2, -0.15) is 0 Å². The number of hydrogen-bond acceptors (Lipinski definition) is 2. The summed E-state index contributed by atoms with van der Waals surface area (Å²) in [7, 11) is 0. The summed E-state index contributed by atoms with van der Waals surface area (Å²) in [4.78, 5) is 8.71. The Morgan fingerprint density at radius 3 is 3.00 bits per heavy atom. The van der Waals surface area contributed by atoms with E-state index in [4.69, 9.17) is 0 Å². The Bertz CT molecular complexity index is 459. The molecule has 0 aliphatic heterocycles. The lowest BCUT2D eigenvalue weighted by atomic mass is 10.3. The van der Waals surface area contributed by atoms with E-state index in [-0.39, 0.29) is 0 Å². The Kier molecular flexibility index (Phi) is 1.47. The predicted octanol–water partition coefficient (Wildman–Crippen LogP) is 2.37. The lowest BCUT2D eigenvalue weighted by Gasteiger charge is -1.99. The first-order valence-corrected chi connectivity index (χ1v) is 5.13. The number of rotatable bonds is 1. The van der Waals surface area contributed by atoms with Crippen molar-refractivity contribution < 1.29 is 0 Å². The highest BCUT2D eigenvalue weighted by molar-refractivity contribution is 9.10. The van der Waals surface area contributed by atoms with Crippen molar-refractivity contribution in [2.75, 3.05) is 0 Å². The van der Waals surface area contributed by atoms with Gasteiger partial charge in [-0.25, -0.2) is 4.98 Å². The minimum absolute atomic E-state index is 0.651. The van der Waals surface area contributed by atoms with Crippen LogP contribution in [0.5, 0.6) is 0 Å². The average molecular weight is 238 g/mol. The maximum atomic E-state index is 4.38. The smallest absolute Gasteiger partial charge is 0.159 e. The van der Waals surface area contributed by atoms with Crippen LogP contribution in [-0.2, 0) is 0 Å². The van der Waals surface area contributed by atoms with E-state index in [1.807, 2.05) is 23.0 Å². The van der Waals surface area contributed by atoms with Crippen LogP contribution in [0, 0.1) is 0 Å². The zero-order valence-electron chi connectivity index (χ0n) is 6.94. The lowest BCUT2D eigenvalue weighted by Crippen LogP contribution is -1.93. The summed E-state index contributed by atoms with van der Waals surface area (Å²) in [6, 6.07) is 0. The van der Waals surface area contributed by atoms with Crippen LogP contribution in [0.1, 0.15) is 24.5 Å². The van der Waals surface area contributed by atoms with Gasteiger partial charge in [0.2, 0.25) is 0 Å². The molecule has 2 aromatic heterocycles. The molecule has 66 valence electrons. The summed E-state index contributed by atoms with van der Waals surface area (Å²) in [6.45, 7) is 0. The molecule has 0 bridgehead atoms. The molecule has 0 spiro atoms. The van der Waals surface area contributed by atoms with Gasteiger partial charge in [0.05, 0.1) is 11.9 Å². The normalized spacial score (nSPS) is 16.7. The number of halogens is 1. The molecule has 2 aromatic rings. The van der Waals surface area contributed by atoms with Crippen molar-refractivity contribution in [1.82, 2.24) is 14.4 Å². The first kappa shape index (κ1) is 7.50. The molecule has 13 heavy (non-hydrogen) atoms. The molecule has 0 unspecified atom stereocenters. The fourth-order valence-electron chi connectivity index (χ4n) is 1.55. The molecule has 1 aliphatic carbocycles. The maximum absolute atomic E-state index is 4.38. The van der Waals surface area contributed by atoms with Crippen LogP contribution < -0.4 is 0 Å². The molecule has 1 fully saturated rings. The van der Waals surface area contributed by atoms with Crippen molar-refractivity contribution in [3.05, 3.63) is 28.9 Å². The van der Waals surface area contributed by atoms with Gasteiger partial charge in [0.15, 0.2) is 5.65 Å². The second-order valence-electron chi connectivity index (χ2n) is 3.36. The highest BCUT2D eigenvalue weighted by Gasteiger charge is 2.27. The second kappa shape index (κ2) is 2.54. The molecule has 4 heteroatoms. The monoisotopic (exact) mass is 237 g/mol. The number of hydrogen-bond donors (Lipinski definition) is 0. The van der Waals surface area contributed by atoms with E-state index < -0.39 is 0 Å². The van der Waals surface area contributed by atoms with Crippen LogP contribution in [0.4, 0.5) is 0 Å². The molecule has 0 N–H and O–H groups in total. The van der Waals surface area contributed by atoms with Crippen molar-refractivity contribution in [3.63, 3.8) is 0 Å². The summed E-state index contributed by atoms with van der Waals surface area (Å²) in [5, 5.41) is 0. The van der Waals surface area contributed by atoms with Gasteiger partial charge in [-0.15, -0.1) is 0 Å². The Labute approximate surface area is 83.9 Å². The molecule has 0 aromatic carbocycles. The van der Waals surface area contributed by atoms with Gasteiger partial charge in [-0.3, -0.25) is 9.38 Å². The summed E-state index contributed by atoms with van der Waals surface area (Å²) < 4.78 is 3.02. The van der Waals surface area contributed by atoms with Crippen LogP contribution in [0.3, 0.4) is 0 Å². The van der Waals surface area contributed by atoms with Gasteiger partial charge >= 0.3 is 0 Å². The van der Waals surface area contributed by atoms with Crippen molar-refractivity contribution in [1.29, 1.82) is 0 Å². The van der Waals surface area contributed by atoms with Crippen LogP contribution in [0.15, 0.2) is 23.2 Å². The maximum Gasteiger partial charge on any atom is 0.159 e. The van der Waals surface area contributed by atoms with E-state index >= 15 is 0 Å². The fourth-order valence-corrected chi connectivity index (χ4v) is 1.94. The third-order valence-corrected chi connectivity index (χ3v) is 2.96. The summed E-state index contributed by atoms with van der Waals surface area (Å²) >= 11 is 3.44. The van der Waals surface area contributed by atoms with Gasteiger partial charge in [0, 0.05) is 18.3 Å². The largest absolute Gasteiger partial charge is 0.291 e. The van der Waals surface area contributed by atoms with E-state index in [0.717, 1.165) is 15.9 Å². The molecule has 3 nitrogen and oxygen atoms in total. The number of aromatic nitrogens is 3. The first-order valence-electron chi connectivity index (χ1n) is 4.34. The van der Waals surface area contributed by atoms with E-state index in [1.165, 1.54) is 12.8 Å². The quantitative estimate of drug-likeness (QED) is 0.763. The zero-order chi connectivity index (χ0) is 8.84. The third-order valence-electron chi connectivity index (χ3n) is 2.37. The second-order valence-corrected chi connectivity index (χ2v) is 4.17. The molecule has 0 atom stereocenters. The molecule has 1 aliphatic rings. The number of imidazole rings is 1. The Morgan fingerprint density at radius 2 is 2.23 bits per heavy atom. The van der Waals surface area contributed by atoms with Crippen molar-refractivity contribution >= 4 is 21.6 Å². The fraction of sp³-hybridized carbons (Fsp3) is 0.333. The van der Waals surface area contributed by atoms with Gasteiger partial charge in [-0.05, 0) is 28.8 Å². The standard InChI is InChI=1S/C9H8BrN3/c10-7-5-12-9-8(6-1-2-6)11-3-4-13(7)9/h3-6H,1-2H2. The molecule has 0 amide bonds. The average Bonchev–Trinajstić information content (AvgIpc) is 2.92. The minimum atomic E-state index is 0.651. The summed E-state index contributed by atoms with van der Waals surface area (Å²) in [6.07, 6.45) is 8.11. The van der Waals surface area contributed by atoms with Crippen LogP contribution in [0.25, 0.3) is 5.65 Å².